The van der Waals surface area contributed by atoms with E-state index >= 15 is 0 Å². The Kier molecular flexibility index (Phi) is 8.88. The maximum atomic E-state index is 5.09. The monoisotopic (exact) mass is 961 g/mol. The van der Waals surface area contributed by atoms with Gasteiger partial charge in [-0.3, -0.25) is 0 Å². The molecule has 0 spiro atoms. The van der Waals surface area contributed by atoms with Crippen LogP contribution >= 0.6 is 0 Å². The van der Waals surface area contributed by atoms with Crippen molar-refractivity contribution in [3.05, 3.63) is 235 Å². The van der Waals surface area contributed by atoms with Gasteiger partial charge in [-0.2, -0.15) is 36.4 Å². The van der Waals surface area contributed by atoms with Crippen molar-refractivity contribution in [3.63, 3.8) is 0 Å². The van der Waals surface area contributed by atoms with Crippen LogP contribution in [0.5, 0.6) is 0 Å². The first-order valence-corrected chi connectivity index (χ1v) is 20.6. The Labute approximate surface area is 370 Å². The van der Waals surface area contributed by atoms with Crippen LogP contribution in [0.25, 0.3) is 61.0 Å². The third-order valence-electron chi connectivity index (χ3n) is 12.6. The van der Waals surface area contributed by atoms with Gasteiger partial charge in [-0.25, -0.2) is 4.98 Å². The van der Waals surface area contributed by atoms with E-state index in [1.165, 1.54) is 50.1 Å². The molecule has 292 valence electrons. The molecule has 0 bridgehead atoms. The van der Waals surface area contributed by atoms with Crippen LogP contribution in [0.15, 0.2) is 200 Å². The van der Waals surface area contributed by atoms with Gasteiger partial charge in [-0.05, 0) is 80.2 Å². The number of pyridine rings is 1. The summed E-state index contributed by atoms with van der Waals surface area (Å²) in [6.45, 7) is 0.750. The van der Waals surface area contributed by atoms with Crippen molar-refractivity contribution in [3.8, 4) is 39.2 Å². The summed E-state index contributed by atoms with van der Waals surface area (Å²) in [5, 5.41) is 2.30. The van der Waals surface area contributed by atoms with Crippen LogP contribution in [-0.4, -0.2) is 23.3 Å². The van der Waals surface area contributed by atoms with Crippen LogP contribution < -0.4 is 9.80 Å². The van der Waals surface area contributed by atoms with E-state index in [1.54, 1.807) is 0 Å². The molecule has 1 aliphatic heterocycles. The molecule has 0 N–H and O–H groups in total. The number of para-hydroxylation sites is 3. The van der Waals surface area contributed by atoms with Crippen LogP contribution in [0.1, 0.15) is 22.3 Å². The number of hydrogen-bond donors (Lipinski definition) is 0. The van der Waals surface area contributed by atoms with Gasteiger partial charge in [0.2, 0.25) is 0 Å². The number of aromatic nitrogens is 2. The second-order valence-corrected chi connectivity index (χ2v) is 15.8. The Morgan fingerprint density at radius 1 is 0.508 bits per heavy atom. The normalized spacial score (nSPS) is 13.5. The smallest absolute Gasteiger partial charge is 0.355 e. The summed E-state index contributed by atoms with van der Waals surface area (Å²) in [7, 11) is 2.16. The molecule has 0 amide bonds. The molecule has 0 saturated heterocycles. The third-order valence-corrected chi connectivity index (χ3v) is 12.6. The summed E-state index contributed by atoms with van der Waals surface area (Å²) in [6, 6.07) is 78.1. The standard InChI is InChI=1S/C56H38N4.Pt/c1-58-37-59(53-29-14-13-28-52(53)58)42-19-15-18-40(35-42)56(49-25-10-7-22-45(49)46-23-8-11-26-50(46)56)41-30-31-48-47-24-9-12-27-51(47)60(54(48)36-41)55-34-39(32-33-57-55)44-21-6-5-20-43(44)38-16-3-2-4-17-38;/h2-34H,37H2,1H3;/q-2;+2. The summed E-state index contributed by atoms with van der Waals surface area (Å²) >= 11 is 0. The molecule has 12 rings (SSSR count). The summed E-state index contributed by atoms with van der Waals surface area (Å²) < 4.78 is 2.31. The minimum Gasteiger partial charge on any atom is -0.355 e. The number of hydrogen-bond acceptors (Lipinski definition) is 3. The molecular formula is C56H38N4Pt. The molecule has 2 aromatic heterocycles. The van der Waals surface area contributed by atoms with Crippen molar-refractivity contribution in [2.45, 2.75) is 5.41 Å². The molecule has 3 heterocycles. The minimum absolute atomic E-state index is 0. The zero-order chi connectivity index (χ0) is 39.8. The summed E-state index contributed by atoms with van der Waals surface area (Å²) in [5.74, 6) is 0.849. The molecule has 4 nitrogen and oxygen atoms in total. The molecule has 2 aliphatic rings. The van der Waals surface area contributed by atoms with Gasteiger partial charge in [-0.15, -0.1) is 22.6 Å². The minimum atomic E-state index is -0.701. The molecular weight excluding hydrogens is 924 g/mol. The summed E-state index contributed by atoms with van der Waals surface area (Å²) in [4.78, 5) is 9.77. The van der Waals surface area contributed by atoms with E-state index in [4.69, 9.17) is 4.98 Å². The second kappa shape index (κ2) is 14.6. The maximum Gasteiger partial charge on any atom is 2.00 e. The van der Waals surface area contributed by atoms with Crippen molar-refractivity contribution in [1.29, 1.82) is 0 Å². The quantitative estimate of drug-likeness (QED) is 0.155. The topological polar surface area (TPSA) is 24.3 Å². The Morgan fingerprint density at radius 2 is 1.13 bits per heavy atom. The molecule has 0 atom stereocenters. The van der Waals surface area contributed by atoms with Crippen LogP contribution in [0.3, 0.4) is 0 Å². The average molecular weight is 962 g/mol. The first-order valence-electron chi connectivity index (χ1n) is 20.6. The van der Waals surface area contributed by atoms with Gasteiger partial charge in [0.15, 0.2) is 0 Å². The zero-order valence-corrected chi connectivity index (χ0v) is 35.6. The Morgan fingerprint density at radius 3 is 1.90 bits per heavy atom. The van der Waals surface area contributed by atoms with Crippen molar-refractivity contribution >= 4 is 38.9 Å². The molecule has 61 heavy (non-hydrogen) atoms. The van der Waals surface area contributed by atoms with E-state index in [9.17, 15) is 0 Å². The predicted molar refractivity (Wildman–Crippen MR) is 246 cm³/mol. The molecule has 0 fully saturated rings. The van der Waals surface area contributed by atoms with E-state index in [2.05, 4.69) is 228 Å². The molecule has 0 radical (unpaired) electrons. The molecule has 0 unspecified atom stereocenters. The number of fused-ring (bicyclic) bond motifs is 7. The fourth-order valence-electron chi connectivity index (χ4n) is 10.0. The zero-order valence-electron chi connectivity index (χ0n) is 33.4. The van der Waals surface area contributed by atoms with E-state index in [0.29, 0.717) is 0 Å². The molecule has 0 saturated carbocycles. The van der Waals surface area contributed by atoms with Crippen molar-refractivity contribution < 1.29 is 21.1 Å². The maximum absolute atomic E-state index is 5.09. The van der Waals surface area contributed by atoms with E-state index in [1.807, 2.05) is 6.20 Å². The summed E-state index contributed by atoms with van der Waals surface area (Å²) in [6.07, 6.45) is 1.94. The van der Waals surface area contributed by atoms with Gasteiger partial charge in [-0.1, -0.05) is 145 Å². The van der Waals surface area contributed by atoms with Crippen LogP contribution in [0.2, 0.25) is 0 Å². The number of anilines is 3. The van der Waals surface area contributed by atoms with E-state index in [0.717, 1.165) is 56.8 Å². The number of nitrogens with zero attached hydrogens (tertiary/aromatic N) is 4. The van der Waals surface area contributed by atoms with Gasteiger partial charge in [0.05, 0.1) is 18.0 Å². The fourth-order valence-corrected chi connectivity index (χ4v) is 10.0. The van der Waals surface area contributed by atoms with Gasteiger partial charge in [0, 0.05) is 24.2 Å². The van der Waals surface area contributed by atoms with Crippen molar-refractivity contribution in [2.24, 2.45) is 0 Å². The molecule has 1 aliphatic carbocycles. The SMILES string of the molecule is CN1CN(c2[c-]c(C3(c4[c-]c5c(cc4)c4ccccc4n5-c4cc(-c5ccccc5-c5ccccc5)ccn4)c4ccccc4-c4ccccc43)ccc2)c2ccccc21.[Pt+2]. The van der Waals surface area contributed by atoms with Crippen LogP contribution in [0.4, 0.5) is 17.1 Å². The Bertz CT molecular complexity index is 3250. The van der Waals surface area contributed by atoms with Crippen LogP contribution in [-0.2, 0) is 26.5 Å². The van der Waals surface area contributed by atoms with Gasteiger partial charge in [0.25, 0.3) is 0 Å². The third kappa shape index (κ3) is 5.59. The van der Waals surface area contributed by atoms with Crippen molar-refractivity contribution in [1.82, 2.24) is 9.55 Å². The van der Waals surface area contributed by atoms with Gasteiger partial charge in [0.1, 0.15) is 5.82 Å². The second-order valence-electron chi connectivity index (χ2n) is 15.8. The number of rotatable bonds is 6. The Hall–Kier alpha value is -7.00. The van der Waals surface area contributed by atoms with E-state index in [-0.39, 0.29) is 21.1 Å². The molecule has 5 heteroatoms. The van der Waals surface area contributed by atoms with Gasteiger partial charge < -0.3 is 14.4 Å². The first-order chi connectivity index (χ1) is 29.7. The number of benzene rings is 8. The largest absolute Gasteiger partial charge is 2.00 e. The Balaban J connectivity index is 0.00000420. The fraction of sp³-hybridized carbons (Fsp3) is 0.0536. The van der Waals surface area contributed by atoms with Gasteiger partial charge >= 0.3 is 21.1 Å². The molecule has 10 aromatic rings. The van der Waals surface area contributed by atoms with E-state index < -0.39 is 5.41 Å². The summed E-state index contributed by atoms with van der Waals surface area (Å²) in [5.41, 5.74) is 16.6. The average Bonchev–Trinajstić information content (AvgIpc) is 3.95. The predicted octanol–water partition coefficient (Wildman–Crippen LogP) is 13.0. The first kappa shape index (κ1) is 37.0. The van der Waals surface area contributed by atoms with Crippen molar-refractivity contribution in [2.75, 3.05) is 23.5 Å². The molecule has 8 aromatic carbocycles. The van der Waals surface area contributed by atoms with Crippen LogP contribution in [0, 0.1) is 12.1 Å².